The molecule has 5 rings (SSSR count). The van der Waals surface area contributed by atoms with Crippen LogP contribution in [0.3, 0.4) is 0 Å². The molecule has 0 saturated heterocycles. The molecule has 0 N–H and O–H groups in total. The van der Waals surface area contributed by atoms with Gasteiger partial charge in [-0.2, -0.15) is 4.99 Å². The van der Waals surface area contributed by atoms with Crippen LogP contribution in [-0.2, 0) is 23.5 Å². The lowest BCUT2D eigenvalue weighted by molar-refractivity contribution is 0.0998. The molecule has 1 aliphatic heterocycles. The number of sulfonamides is 1. The van der Waals surface area contributed by atoms with Crippen molar-refractivity contribution in [2.24, 2.45) is 12.0 Å². The Hall–Kier alpha value is -3.23. The van der Waals surface area contributed by atoms with Crippen LogP contribution in [0.2, 0.25) is 0 Å². The van der Waals surface area contributed by atoms with E-state index in [4.69, 9.17) is 0 Å². The fourth-order valence-electron chi connectivity index (χ4n) is 3.99. The molecule has 4 aromatic rings. The van der Waals surface area contributed by atoms with Crippen LogP contribution in [-0.4, -0.2) is 25.4 Å². The summed E-state index contributed by atoms with van der Waals surface area (Å²) in [5.74, 6) is -0.403. The van der Waals surface area contributed by atoms with E-state index in [1.54, 1.807) is 0 Å². The van der Waals surface area contributed by atoms with E-state index in [0.29, 0.717) is 16.9 Å². The third-order valence-corrected chi connectivity index (χ3v) is 8.61. The first-order valence-corrected chi connectivity index (χ1v) is 12.6. The maximum absolute atomic E-state index is 13.3. The minimum Gasteiger partial charge on any atom is -0.319 e. The highest BCUT2D eigenvalue weighted by molar-refractivity contribution is 7.92. The number of hydrogen-bond donors (Lipinski definition) is 0. The van der Waals surface area contributed by atoms with E-state index in [9.17, 15) is 13.2 Å². The summed E-state index contributed by atoms with van der Waals surface area (Å²) in [6.07, 6.45) is 1.64. The van der Waals surface area contributed by atoms with E-state index < -0.39 is 15.9 Å². The summed E-state index contributed by atoms with van der Waals surface area (Å²) in [6, 6.07) is 21.5. The number of fused-ring (bicyclic) bond motifs is 2. The van der Waals surface area contributed by atoms with Crippen molar-refractivity contribution in [2.75, 3.05) is 10.8 Å². The zero-order valence-corrected chi connectivity index (χ0v) is 19.1. The van der Waals surface area contributed by atoms with Crippen molar-refractivity contribution < 1.29 is 13.2 Å². The average molecular weight is 464 g/mol. The van der Waals surface area contributed by atoms with E-state index in [1.807, 2.05) is 60.1 Å². The quantitative estimate of drug-likeness (QED) is 0.459. The molecule has 162 valence electrons. The number of rotatable bonds is 3. The molecule has 0 saturated carbocycles. The molecule has 0 atom stereocenters. The molecule has 0 aliphatic carbocycles. The van der Waals surface area contributed by atoms with Crippen LogP contribution in [0.1, 0.15) is 22.3 Å². The van der Waals surface area contributed by atoms with Gasteiger partial charge in [0, 0.05) is 19.2 Å². The first-order valence-electron chi connectivity index (χ1n) is 10.3. The van der Waals surface area contributed by atoms with Crippen molar-refractivity contribution in [2.45, 2.75) is 17.7 Å². The van der Waals surface area contributed by atoms with E-state index in [0.717, 1.165) is 34.3 Å². The Balaban J connectivity index is 1.45. The van der Waals surface area contributed by atoms with Gasteiger partial charge in [0.2, 0.25) is 0 Å². The second-order valence-electron chi connectivity index (χ2n) is 7.66. The Morgan fingerprint density at radius 3 is 2.47 bits per heavy atom. The molecule has 0 fully saturated rings. The molecule has 1 aliphatic rings. The number of thiazole rings is 1. The summed E-state index contributed by atoms with van der Waals surface area (Å²) in [4.78, 5) is 17.8. The Labute approximate surface area is 190 Å². The van der Waals surface area contributed by atoms with Gasteiger partial charge in [-0.15, -0.1) is 0 Å². The maximum Gasteiger partial charge on any atom is 0.279 e. The third-order valence-electron chi connectivity index (χ3n) is 5.67. The van der Waals surface area contributed by atoms with Gasteiger partial charge in [0.15, 0.2) is 4.80 Å². The summed E-state index contributed by atoms with van der Waals surface area (Å²) in [5.41, 5.74) is 3.11. The summed E-state index contributed by atoms with van der Waals surface area (Å²) in [7, 11) is -1.84. The Bertz CT molecular complexity index is 1500. The van der Waals surface area contributed by atoms with Crippen LogP contribution >= 0.6 is 11.3 Å². The number of amides is 1. The topological polar surface area (TPSA) is 71.7 Å². The second kappa shape index (κ2) is 8.03. The van der Waals surface area contributed by atoms with E-state index in [1.165, 1.54) is 39.9 Å². The summed E-state index contributed by atoms with van der Waals surface area (Å²) in [6.45, 7) is 0.442. The Kier molecular flexibility index (Phi) is 5.19. The van der Waals surface area contributed by atoms with Gasteiger partial charge in [-0.1, -0.05) is 41.7 Å². The Morgan fingerprint density at radius 2 is 1.69 bits per heavy atom. The molecule has 3 aromatic carbocycles. The highest BCUT2D eigenvalue weighted by Crippen LogP contribution is 2.31. The number of anilines is 1. The first kappa shape index (κ1) is 20.7. The standard InChI is InChI=1S/C24H21N3O3S2/c1-26-21-10-4-5-11-22(21)31-24(26)25-23(28)18-12-14-19(15-13-18)32(29,30)27-16-6-8-17-7-2-3-9-20(17)27/h2-5,7,9-15H,6,8,16H2,1H3. The van der Waals surface area contributed by atoms with Crippen LogP contribution in [0.4, 0.5) is 5.69 Å². The predicted octanol–water partition coefficient (Wildman–Crippen LogP) is 4.12. The van der Waals surface area contributed by atoms with Crippen molar-refractivity contribution in [1.82, 2.24) is 4.57 Å². The fraction of sp³-hybridized carbons (Fsp3) is 0.167. The average Bonchev–Trinajstić information content (AvgIpc) is 3.14. The molecule has 32 heavy (non-hydrogen) atoms. The molecule has 0 spiro atoms. The highest BCUT2D eigenvalue weighted by Gasteiger charge is 2.28. The number of carbonyl (C=O) groups is 1. The number of nitrogens with zero attached hydrogens (tertiary/aromatic N) is 3. The molecule has 0 unspecified atom stereocenters. The minimum atomic E-state index is -3.71. The zero-order chi connectivity index (χ0) is 22.3. The highest BCUT2D eigenvalue weighted by atomic mass is 32.2. The molecule has 8 heteroatoms. The van der Waals surface area contributed by atoms with Gasteiger partial charge in [-0.25, -0.2) is 8.42 Å². The smallest absolute Gasteiger partial charge is 0.279 e. The lowest BCUT2D eigenvalue weighted by Crippen LogP contribution is -2.35. The minimum absolute atomic E-state index is 0.165. The monoisotopic (exact) mass is 463 g/mol. The SMILES string of the molecule is Cn1c(=NC(=O)c2ccc(S(=O)(=O)N3CCCc4ccccc43)cc2)sc2ccccc21. The van der Waals surface area contributed by atoms with E-state index in [2.05, 4.69) is 4.99 Å². The summed E-state index contributed by atoms with van der Waals surface area (Å²) < 4.78 is 31.0. The van der Waals surface area contributed by atoms with Crippen molar-refractivity contribution in [3.63, 3.8) is 0 Å². The van der Waals surface area contributed by atoms with Crippen LogP contribution in [0.15, 0.2) is 82.7 Å². The number of para-hydroxylation sites is 2. The largest absolute Gasteiger partial charge is 0.319 e. The van der Waals surface area contributed by atoms with Gasteiger partial charge >= 0.3 is 0 Å². The van der Waals surface area contributed by atoms with Crippen molar-refractivity contribution in [3.05, 3.63) is 88.7 Å². The Morgan fingerprint density at radius 1 is 0.969 bits per heavy atom. The van der Waals surface area contributed by atoms with Gasteiger partial charge in [-0.05, 0) is 60.9 Å². The second-order valence-corrected chi connectivity index (χ2v) is 10.5. The van der Waals surface area contributed by atoms with Crippen LogP contribution in [0.5, 0.6) is 0 Å². The van der Waals surface area contributed by atoms with Gasteiger partial charge in [0.1, 0.15) is 0 Å². The van der Waals surface area contributed by atoms with Crippen LogP contribution < -0.4 is 9.11 Å². The molecular formula is C24H21N3O3S2. The van der Waals surface area contributed by atoms with Gasteiger partial charge in [0.05, 0.1) is 20.8 Å². The summed E-state index contributed by atoms with van der Waals surface area (Å²) in [5, 5.41) is 0. The normalized spacial score (nSPS) is 14.5. The molecule has 1 aromatic heterocycles. The first-order chi connectivity index (χ1) is 15.4. The summed E-state index contributed by atoms with van der Waals surface area (Å²) >= 11 is 1.44. The third kappa shape index (κ3) is 3.55. The van der Waals surface area contributed by atoms with Gasteiger partial charge in [0.25, 0.3) is 15.9 Å². The molecule has 0 radical (unpaired) electrons. The number of hydrogen-bond acceptors (Lipinski definition) is 4. The lowest BCUT2D eigenvalue weighted by atomic mass is 10.0. The van der Waals surface area contributed by atoms with Crippen molar-refractivity contribution in [1.29, 1.82) is 0 Å². The zero-order valence-electron chi connectivity index (χ0n) is 17.4. The molecular weight excluding hydrogens is 442 g/mol. The molecule has 1 amide bonds. The maximum atomic E-state index is 13.3. The number of benzene rings is 3. The van der Waals surface area contributed by atoms with Gasteiger partial charge in [-0.3, -0.25) is 9.10 Å². The fourth-order valence-corrected chi connectivity index (χ4v) is 6.54. The van der Waals surface area contributed by atoms with Crippen molar-refractivity contribution in [3.8, 4) is 0 Å². The number of aromatic nitrogens is 1. The van der Waals surface area contributed by atoms with Crippen LogP contribution in [0.25, 0.3) is 10.2 Å². The van der Waals surface area contributed by atoms with E-state index >= 15 is 0 Å². The molecule has 2 heterocycles. The van der Waals surface area contributed by atoms with Gasteiger partial charge < -0.3 is 4.57 Å². The number of aryl methyl sites for hydroxylation is 2. The van der Waals surface area contributed by atoms with Crippen molar-refractivity contribution >= 4 is 43.2 Å². The predicted molar refractivity (Wildman–Crippen MR) is 126 cm³/mol. The molecule has 6 nitrogen and oxygen atoms in total. The molecule has 0 bridgehead atoms. The number of carbonyl (C=O) groups excluding carboxylic acids is 1. The van der Waals surface area contributed by atoms with Crippen LogP contribution in [0, 0.1) is 0 Å². The lowest BCUT2D eigenvalue weighted by Gasteiger charge is -2.30. The van der Waals surface area contributed by atoms with E-state index in [-0.39, 0.29) is 4.90 Å².